The van der Waals surface area contributed by atoms with Crippen molar-refractivity contribution in [1.29, 1.82) is 0 Å². The fraction of sp³-hybridized carbons (Fsp3) is 0.760. The molecule has 0 amide bonds. The van der Waals surface area contributed by atoms with Crippen LogP contribution in [-0.4, -0.2) is 68.3 Å². The number of hydrogen-bond acceptors (Lipinski definition) is 7. The molecule has 324 valence electrons. The molecule has 2 aromatic carbocycles. The molecule has 7 heteroatoms. The molecule has 2 aromatic rings. The normalized spacial score (nSPS) is 20.7. The van der Waals surface area contributed by atoms with Crippen molar-refractivity contribution in [2.45, 2.75) is 231 Å². The third-order valence-corrected chi connectivity index (χ3v) is 13.5. The van der Waals surface area contributed by atoms with Gasteiger partial charge in [-0.3, -0.25) is 9.80 Å². The van der Waals surface area contributed by atoms with Gasteiger partial charge in [-0.05, 0) is 153 Å². The van der Waals surface area contributed by atoms with Gasteiger partial charge < -0.3 is 20.8 Å². The monoisotopic (exact) mass is 807 g/mol. The number of phenolic OH excluding ortho intramolecular Hbond substituents is 2. The summed E-state index contributed by atoms with van der Waals surface area (Å²) in [7, 11) is 4.45. The molecule has 0 saturated carbocycles. The molecule has 0 aromatic heterocycles. The third-order valence-electron chi connectivity index (χ3n) is 12.5. The molecule has 2 aliphatic heterocycles. The van der Waals surface area contributed by atoms with Crippen molar-refractivity contribution in [2.75, 3.05) is 14.1 Å². The van der Waals surface area contributed by atoms with Crippen LogP contribution in [0.3, 0.4) is 0 Å². The number of rotatable bonds is 12. The van der Waals surface area contributed by atoms with E-state index in [2.05, 4.69) is 183 Å². The number of piperidine rings is 2. The zero-order valence-electron chi connectivity index (χ0n) is 40.3. The summed E-state index contributed by atoms with van der Waals surface area (Å²) in [5.74, 6) is 0.650. The van der Waals surface area contributed by atoms with Gasteiger partial charge >= 0.3 is 0 Å². The Morgan fingerprint density at radius 2 is 0.825 bits per heavy atom. The average molecular weight is 807 g/mol. The number of hydrogen-bond donors (Lipinski definition) is 4. The van der Waals surface area contributed by atoms with E-state index in [1.807, 2.05) is 0 Å². The minimum Gasteiger partial charge on any atom is -0.506 e. The van der Waals surface area contributed by atoms with E-state index < -0.39 is 0 Å². The van der Waals surface area contributed by atoms with Crippen molar-refractivity contribution < 1.29 is 10.2 Å². The topological polar surface area (TPSA) is 71.0 Å². The molecule has 0 unspecified atom stereocenters. The van der Waals surface area contributed by atoms with Gasteiger partial charge in [0, 0.05) is 58.5 Å². The van der Waals surface area contributed by atoms with Gasteiger partial charge in [-0.15, -0.1) is 0 Å². The molecule has 57 heavy (non-hydrogen) atoms. The highest BCUT2D eigenvalue weighted by Gasteiger charge is 2.41. The van der Waals surface area contributed by atoms with Gasteiger partial charge in [0.2, 0.25) is 0 Å². The summed E-state index contributed by atoms with van der Waals surface area (Å²) in [6.07, 6.45) is 6.17. The summed E-state index contributed by atoms with van der Waals surface area (Å²) in [5, 5.41) is 32.3. The van der Waals surface area contributed by atoms with Crippen LogP contribution in [0.5, 0.6) is 11.5 Å². The Bertz CT molecular complexity index is 1570. The minimum atomic E-state index is -0.129. The van der Waals surface area contributed by atoms with E-state index in [4.69, 9.17) is 0 Å². The first-order chi connectivity index (χ1) is 25.5. The minimum absolute atomic E-state index is 0.0235. The number of nitrogens with zero attached hydrogens (tertiary/aromatic N) is 2. The molecule has 0 aliphatic carbocycles. The predicted octanol–water partition coefficient (Wildman–Crippen LogP) is 12.2. The zero-order valence-corrected chi connectivity index (χ0v) is 41.1. The third kappa shape index (κ3) is 13.1. The quantitative estimate of drug-likeness (QED) is 0.170. The Labute approximate surface area is 355 Å². The van der Waals surface area contributed by atoms with Gasteiger partial charge in [0.15, 0.2) is 0 Å². The smallest absolute Gasteiger partial charge is 0.134 e. The number of nitrogens with one attached hydrogen (secondary N) is 2. The zero-order chi connectivity index (χ0) is 43.5. The SMILES string of the molecule is CN(Cc1cc(C(C)(C)CC(C)(C)C)cc(Sc2cc(C(C)(C)CC(C)(C)C)cc(CN(C)C3CC(C)(C)NC(C)(C)C3)c2O)c1O)C1CC(C)(C)NC(C)(C)C1. The summed E-state index contributed by atoms with van der Waals surface area (Å²) >= 11 is 1.53. The van der Waals surface area contributed by atoms with E-state index in [1.54, 1.807) is 0 Å². The number of benzene rings is 2. The predicted molar refractivity (Wildman–Crippen MR) is 246 cm³/mol. The van der Waals surface area contributed by atoms with E-state index in [0.717, 1.165) is 59.4 Å². The maximum Gasteiger partial charge on any atom is 0.134 e. The van der Waals surface area contributed by atoms with E-state index in [0.29, 0.717) is 36.7 Å². The molecule has 0 bridgehead atoms. The summed E-state index contributed by atoms with van der Waals surface area (Å²) < 4.78 is 0. The molecule has 0 atom stereocenters. The molecule has 2 saturated heterocycles. The van der Waals surface area contributed by atoms with Gasteiger partial charge in [-0.2, -0.15) is 0 Å². The Kier molecular flexibility index (Phi) is 13.7. The molecule has 0 spiro atoms. The van der Waals surface area contributed by atoms with Gasteiger partial charge in [-0.25, -0.2) is 0 Å². The van der Waals surface area contributed by atoms with Crippen molar-refractivity contribution in [3.63, 3.8) is 0 Å². The van der Waals surface area contributed by atoms with E-state index in [9.17, 15) is 10.2 Å². The first-order valence-electron chi connectivity index (χ1n) is 21.9. The van der Waals surface area contributed by atoms with Gasteiger partial charge in [0.25, 0.3) is 0 Å². The molecular formula is C50H86N4O2S. The van der Waals surface area contributed by atoms with Gasteiger partial charge in [0.05, 0.1) is 9.79 Å². The first kappa shape index (κ1) is 47.9. The van der Waals surface area contributed by atoms with E-state index in [1.165, 1.54) is 22.9 Å². The van der Waals surface area contributed by atoms with Crippen LogP contribution in [0, 0.1) is 10.8 Å². The van der Waals surface area contributed by atoms with E-state index >= 15 is 0 Å². The maximum absolute atomic E-state index is 12.3. The summed E-state index contributed by atoms with van der Waals surface area (Å²) in [4.78, 5) is 6.54. The summed E-state index contributed by atoms with van der Waals surface area (Å²) in [6, 6.07) is 9.71. The van der Waals surface area contributed by atoms with Crippen LogP contribution in [0.2, 0.25) is 0 Å². The highest BCUT2D eigenvalue weighted by molar-refractivity contribution is 7.99. The van der Waals surface area contributed by atoms with Crippen LogP contribution in [0.25, 0.3) is 0 Å². The molecule has 2 aliphatic rings. The maximum atomic E-state index is 12.3. The lowest BCUT2D eigenvalue weighted by molar-refractivity contribution is 0.0769. The van der Waals surface area contributed by atoms with Crippen LogP contribution in [-0.2, 0) is 23.9 Å². The highest BCUT2D eigenvalue weighted by atomic mass is 32.2. The molecule has 6 nitrogen and oxygen atoms in total. The molecule has 2 heterocycles. The number of aromatic hydroxyl groups is 2. The van der Waals surface area contributed by atoms with Crippen LogP contribution in [0.1, 0.15) is 185 Å². The lowest BCUT2D eigenvalue weighted by Crippen LogP contribution is -2.61. The number of phenols is 2. The average Bonchev–Trinajstić information content (AvgIpc) is 2.95. The van der Waals surface area contributed by atoms with Crippen LogP contribution in [0.15, 0.2) is 34.1 Å². The Morgan fingerprint density at radius 1 is 0.544 bits per heavy atom. The van der Waals surface area contributed by atoms with Crippen molar-refractivity contribution in [3.05, 3.63) is 46.5 Å². The second-order valence-corrected chi connectivity index (χ2v) is 26.1. The van der Waals surface area contributed by atoms with Gasteiger partial charge in [-0.1, -0.05) is 93.1 Å². The van der Waals surface area contributed by atoms with Gasteiger partial charge in [0.1, 0.15) is 11.5 Å². The Balaban J connectivity index is 1.84. The van der Waals surface area contributed by atoms with Crippen LogP contribution in [0.4, 0.5) is 0 Å². The molecule has 0 radical (unpaired) electrons. The molecule has 4 rings (SSSR count). The summed E-state index contributed by atoms with van der Waals surface area (Å²) in [6.45, 7) is 43.0. The standard InChI is InChI=1S/C50H86N4O2S/c1-43(2,3)31-45(7,8)35-21-33(29-53(19)37-25-47(11,12)51-48(13,14)26-37)41(55)39(23-35)57-40-24-36(46(9,10)32-44(4,5)6)22-34(42(40)56)30-54(20)38-27-49(15,16)52-50(17,18)28-38/h21-24,37-38,51-52,55-56H,25-32H2,1-20H3. The van der Waals surface area contributed by atoms with E-state index in [-0.39, 0.29) is 43.8 Å². The lowest BCUT2D eigenvalue weighted by Gasteiger charge is -2.49. The van der Waals surface area contributed by atoms with Crippen molar-refractivity contribution >= 4 is 11.8 Å². The Hall–Kier alpha value is -1.77. The second kappa shape index (κ2) is 16.3. The first-order valence-corrected chi connectivity index (χ1v) is 22.7. The van der Waals surface area contributed by atoms with Crippen molar-refractivity contribution in [3.8, 4) is 11.5 Å². The fourth-order valence-electron chi connectivity index (χ4n) is 11.4. The fourth-order valence-corrected chi connectivity index (χ4v) is 12.5. The van der Waals surface area contributed by atoms with Crippen molar-refractivity contribution in [2.24, 2.45) is 10.8 Å². The lowest BCUT2D eigenvalue weighted by atomic mass is 9.72. The summed E-state index contributed by atoms with van der Waals surface area (Å²) in [5.41, 5.74) is 4.45. The molecule has 4 N–H and O–H groups in total. The second-order valence-electron chi connectivity index (χ2n) is 25.0. The Morgan fingerprint density at radius 3 is 1.09 bits per heavy atom. The molecule has 2 fully saturated rings. The van der Waals surface area contributed by atoms with Crippen LogP contribution < -0.4 is 10.6 Å². The highest BCUT2D eigenvalue weighted by Crippen LogP contribution is 2.48. The van der Waals surface area contributed by atoms with Crippen LogP contribution >= 0.6 is 11.8 Å². The molecular weight excluding hydrogens is 721 g/mol. The van der Waals surface area contributed by atoms with Crippen molar-refractivity contribution in [1.82, 2.24) is 20.4 Å². The largest absolute Gasteiger partial charge is 0.506 e.